The maximum Gasteiger partial charge on any atom is 0.325 e. The molecule has 88 valence electrons. The van der Waals surface area contributed by atoms with Crippen molar-refractivity contribution in [1.82, 2.24) is 9.97 Å². The monoisotopic (exact) mass is 251 g/mol. The molecule has 1 unspecified atom stereocenters. The summed E-state index contributed by atoms with van der Waals surface area (Å²) in [6.45, 7) is 1.53. The summed E-state index contributed by atoms with van der Waals surface area (Å²) in [7, 11) is 0. The Hall–Kier alpha value is -1.88. The Bertz CT molecular complexity index is 574. The maximum absolute atomic E-state index is 10.8. The number of carboxylic acids is 1. The second-order valence-electron chi connectivity index (χ2n) is 3.56. The molecule has 6 heteroatoms. The lowest BCUT2D eigenvalue weighted by Crippen LogP contribution is -2.26. The van der Waals surface area contributed by atoms with E-state index in [-0.39, 0.29) is 5.28 Å². The van der Waals surface area contributed by atoms with E-state index < -0.39 is 12.0 Å². The highest BCUT2D eigenvalue weighted by Gasteiger charge is 2.13. The lowest BCUT2D eigenvalue weighted by Gasteiger charge is -2.12. The van der Waals surface area contributed by atoms with Crippen LogP contribution in [-0.4, -0.2) is 27.1 Å². The van der Waals surface area contributed by atoms with Crippen molar-refractivity contribution in [3.63, 3.8) is 0 Å². The zero-order valence-corrected chi connectivity index (χ0v) is 9.77. The molecular weight excluding hydrogens is 242 g/mol. The number of halogens is 1. The van der Waals surface area contributed by atoms with E-state index in [1.807, 2.05) is 18.2 Å². The fourth-order valence-corrected chi connectivity index (χ4v) is 1.60. The Labute approximate surface area is 102 Å². The van der Waals surface area contributed by atoms with Gasteiger partial charge in [-0.1, -0.05) is 12.1 Å². The molecule has 0 amide bonds. The van der Waals surface area contributed by atoms with Gasteiger partial charge in [-0.25, -0.2) is 9.97 Å². The number of anilines is 1. The number of hydrogen-bond acceptors (Lipinski definition) is 4. The Balaban J connectivity index is 2.49. The molecule has 1 heterocycles. The van der Waals surface area contributed by atoms with Gasteiger partial charge >= 0.3 is 5.97 Å². The molecule has 0 saturated carbocycles. The van der Waals surface area contributed by atoms with Gasteiger partial charge in [0.1, 0.15) is 11.9 Å². The average Bonchev–Trinajstić information content (AvgIpc) is 2.28. The predicted molar refractivity (Wildman–Crippen MR) is 65.3 cm³/mol. The minimum atomic E-state index is -0.955. The minimum absolute atomic E-state index is 0.0868. The number of aromatic nitrogens is 2. The van der Waals surface area contributed by atoms with Gasteiger partial charge in [0.2, 0.25) is 5.28 Å². The molecule has 0 bridgehead atoms. The number of aliphatic carboxylic acids is 1. The van der Waals surface area contributed by atoms with Crippen LogP contribution in [-0.2, 0) is 4.79 Å². The molecule has 0 radical (unpaired) electrons. The molecule has 5 nitrogen and oxygen atoms in total. The summed E-state index contributed by atoms with van der Waals surface area (Å²) in [5.74, 6) is -0.528. The first kappa shape index (κ1) is 11.6. The Morgan fingerprint density at radius 3 is 2.82 bits per heavy atom. The molecule has 2 rings (SSSR count). The van der Waals surface area contributed by atoms with Gasteiger partial charge in [-0.2, -0.15) is 0 Å². The van der Waals surface area contributed by atoms with Crippen molar-refractivity contribution in [3.8, 4) is 0 Å². The lowest BCUT2D eigenvalue weighted by molar-refractivity contribution is -0.137. The second-order valence-corrected chi connectivity index (χ2v) is 3.90. The highest BCUT2D eigenvalue weighted by atomic mass is 35.5. The average molecular weight is 252 g/mol. The van der Waals surface area contributed by atoms with Gasteiger partial charge in [0, 0.05) is 5.39 Å². The van der Waals surface area contributed by atoms with Crippen LogP contribution in [0, 0.1) is 0 Å². The zero-order chi connectivity index (χ0) is 12.4. The van der Waals surface area contributed by atoms with Gasteiger partial charge in [-0.3, -0.25) is 4.79 Å². The van der Waals surface area contributed by atoms with Gasteiger partial charge < -0.3 is 10.4 Å². The Morgan fingerprint density at radius 1 is 1.41 bits per heavy atom. The summed E-state index contributed by atoms with van der Waals surface area (Å²) in [5, 5.41) is 12.5. The summed E-state index contributed by atoms with van der Waals surface area (Å²) in [4.78, 5) is 18.8. The molecule has 0 aliphatic rings. The van der Waals surface area contributed by atoms with Crippen molar-refractivity contribution < 1.29 is 9.90 Å². The number of para-hydroxylation sites is 1. The van der Waals surface area contributed by atoms with Crippen LogP contribution in [0.5, 0.6) is 0 Å². The van der Waals surface area contributed by atoms with Gasteiger partial charge in [0.05, 0.1) is 5.52 Å². The maximum atomic E-state index is 10.8. The van der Waals surface area contributed by atoms with Gasteiger partial charge in [-0.05, 0) is 30.7 Å². The van der Waals surface area contributed by atoms with Gasteiger partial charge in [-0.15, -0.1) is 0 Å². The molecule has 0 fully saturated rings. The fraction of sp³-hybridized carbons (Fsp3) is 0.182. The molecule has 2 N–H and O–H groups in total. The van der Waals surface area contributed by atoms with E-state index in [2.05, 4.69) is 15.3 Å². The third-order valence-electron chi connectivity index (χ3n) is 2.30. The van der Waals surface area contributed by atoms with Crippen molar-refractivity contribution in [2.75, 3.05) is 5.32 Å². The molecule has 1 atom stereocenters. The van der Waals surface area contributed by atoms with Crippen LogP contribution in [0.15, 0.2) is 24.3 Å². The van der Waals surface area contributed by atoms with Crippen LogP contribution in [0.4, 0.5) is 5.82 Å². The number of rotatable bonds is 3. The van der Waals surface area contributed by atoms with E-state index in [4.69, 9.17) is 16.7 Å². The van der Waals surface area contributed by atoms with E-state index in [1.165, 1.54) is 6.92 Å². The molecule has 1 aromatic carbocycles. The van der Waals surface area contributed by atoms with Gasteiger partial charge in [0.25, 0.3) is 0 Å². The molecule has 0 aliphatic heterocycles. The Morgan fingerprint density at radius 2 is 2.12 bits per heavy atom. The first-order valence-corrected chi connectivity index (χ1v) is 5.37. The lowest BCUT2D eigenvalue weighted by atomic mass is 10.2. The summed E-state index contributed by atoms with van der Waals surface area (Å²) in [6.07, 6.45) is 0. The van der Waals surface area contributed by atoms with Crippen molar-refractivity contribution in [2.24, 2.45) is 0 Å². The van der Waals surface area contributed by atoms with Crippen LogP contribution < -0.4 is 5.32 Å². The number of carboxylic acid groups (broad SMARTS) is 1. The minimum Gasteiger partial charge on any atom is -0.480 e. The summed E-state index contributed by atoms with van der Waals surface area (Å²) in [6, 6.07) is 6.51. The molecule has 2 aromatic rings. The van der Waals surface area contributed by atoms with Crippen molar-refractivity contribution >= 4 is 34.3 Å². The van der Waals surface area contributed by atoms with Crippen LogP contribution >= 0.6 is 11.6 Å². The van der Waals surface area contributed by atoms with Crippen molar-refractivity contribution in [1.29, 1.82) is 0 Å². The molecule has 1 aromatic heterocycles. The molecule has 0 saturated heterocycles. The fourth-order valence-electron chi connectivity index (χ4n) is 1.43. The number of benzene rings is 1. The van der Waals surface area contributed by atoms with Crippen molar-refractivity contribution in [3.05, 3.63) is 29.5 Å². The van der Waals surface area contributed by atoms with E-state index in [0.717, 1.165) is 5.39 Å². The zero-order valence-electron chi connectivity index (χ0n) is 9.01. The normalized spacial score (nSPS) is 12.4. The van der Waals surface area contributed by atoms with E-state index >= 15 is 0 Å². The van der Waals surface area contributed by atoms with Crippen LogP contribution in [0.25, 0.3) is 10.9 Å². The third kappa shape index (κ3) is 2.45. The Kier molecular flexibility index (Phi) is 3.10. The SMILES string of the molecule is CC(Nc1nc(Cl)nc2ccccc12)C(=O)O. The topological polar surface area (TPSA) is 75.1 Å². The van der Waals surface area contributed by atoms with E-state index in [1.54, 1.807) is 6.07 Å². The van der Waals surface area contributed by atoms with Crippen LogP contribution in [0.1, 0.15) is 6.92 Å². The van der Waals surface area contributed by atoms with Crippen molar-refractivity contribution in [2.45, 2.75) is 13.0 Å². The van der Waals surface area contributed by atoms with Gasteiger partial charge in [0.15, 0.2) is 0 Å². The summed E-state index contributed by atoms with van der Waals surface area (Å²) >= 11 is 5.78. The number of fused-ring (bicyclic) bond motifs is 1. The predicted octanol–water partition coefficient (Wildman–Crippen LogP) is 2.17. The largest absolute Gasteiger partial charge is 0.480 e. The van der Waals surface area contributed by atoms with Crippen LogP contribution in [0.3, 0.4) is 0 Å². The highest BCUT2D eigenvalue weighted by molar-refractivity contribution is 6.28. The molecule has 17 heavy (non-hydrogen) atoms. The van der Waals surface area contributed by atoms with Crippen LogP contribution in [0.2, 0.25) is 5.28 Å². The molecular formula is C11H10ClN3O2. The number of carbonyl (C=O) groups is 1. The standard InChI is InChI=1S/C11H10ClN3O2/c1-6(10(16)17)13-9-7-4-2-3-5-8(7)14-11(12)15-9/h2-6H,1H3,(H,16,17)(H,13,14,15). The summed E-state index contributed by atoms with van der Waals surface area (Å²) < 4.78 is 0. The quantitative estimate of drug-likeness (QED) is 0.818. The third-order valence-corrected chi connectivity index (χ3v) is 2.47. The van der Waals surface area contributed by atoms with E-state index in [0.29, 0.717) is 11.3 Å². The molecule has 0 spiro atoms. The summed E-state index contributed by atoms with van der Waals surface area (Å²) in [5.41, 5.74) is 0.674. The number of hydrogen-bond donors (Lipinski definition) is 2. The first-order valence-electron chi connectivity index (χ1n) is 4.99. The molecule has 0 aliphatic carbocycles. The smallest absolute Gasteiger partial charge is 0.325 e. The second kappa shape index (κ2) is 4.55. The first-order chi connectivity index (χ1) is 8.08. The highest BCUT2D eigenvalue weighted by Crippen LogP contribution is 2.22. The van der Waals surface area contributed by atoms with E-state index in [9.17, 15) is 4.79 Å². The number of nitrogens with zero attached hydrogens (tertiary/aromatic N) is 2. The number of nitrogens with one attached hydrogen (secondary N) is 1.